The monoisotopic (exact) mass is 389 g/mol. The zero-order valence-electron chi connectivity index (χ0n) is 15.5. The summed E-state index contributed by atoms with van der Waals surface area (Å²) in [5, 5.41) is 11.8. The van der Waals surface area contributed by atoms with Gasteiger partial charge in [-0.15, -0.1) is 0 Å². The van der Waals surface area contributed by atoms with Gasteiger partial charge in [0.2, 0.25) is 0 Å². The maximum atomic E-state index is 12.3. The molecule has 0 aliphatic heterocycles. The molecule has 3 aromatic rings. The van der Waals surface area contributed by atoms with Crippen LogP contribution in [0.4, 0.5) is 4.79 Å². The van der Waals surface area contributed by atoms with E-state index in [1.807, 2.05) is 36.4 Å². The lowest BCUT2D eigenvalue weighted by atomic mass is 9.98. The minimum Gasteiger partial charge on any atom is -0.480 e. The van der Waals surface area contributed by atoms with E-state index in [1.165, 1.54) is 12.5 Å². The first-order valence-corrected chi connectivity index (χ1v) is 9.22. The van der Waals surface area contributed by atoms with Gasteiger partial charge in [-0.25, -0.2) is 19.6 Å². The van der Waals surface area contributed by atoms with E-state index in [1.54, 1.807) is 6.07 Å². The standard InChI is InChI=1S/C22H19N3O4/c26-21(27)20(11-14-9-10-23-13-24-14)25-22(28)29-12-19-17-7-3-1-5-15(17)16-6-2-4-8-18(16)19/h1-10,13,19-20H,11-12H2,(H,25,28)(H,26,27)/t20-/m1/s1. The SMILES string of the molecule is O=C(N[C@H](Cc1ccncn1)C(=O)O)OCC1c2ccccc2-c2ccccc21. The average molecular weight is 389 g/mol. The molecule has 2 N–H and O–H groups in total. The van der Waals surface area contributed by atoms with Crippen LogP contribution < -0.4 is 5.32 Å². The number of rotatable bonds is 6. The van der Waals surface area contributed by atoms with Gasteiger partial charge in [0, 0.05) is 24.2 Å². The molecule has 1 aliphatic rings. The number of nitrogens with one attached hydrogen (secondary N) is 1. The molecule has 4 rings (SSSR count). The van der Waals surface area contributed by atoms with E-state index in [9.17, 15) is 14.7 Å². The van der Waals surface area contributed by atoms with Crippen LogP contribution in [0.1, 0.15) is 22.7 Å². The summed E-state index contributed by atoms with van der Waals surface area (Å²) in [7, 11) is 0. The number of hydrogen-bond donors (Lipinski definition) is 2. The Bertz CT molecular complexity index is 993. The number of aromatic nitrogens is 2. The van der Waals surface area contributed by atoms with E-state index in [0.717, 1.165) is 22.3 Å². The predicted octanol–water partition coefficient (Wildman–Crippen LogP) is 3.01. The highest BCUT2D eigenvalue weighted by Crippen LogP contribution is 2.44. The number of carboxylic acids is 1. The van der Waals surface area contributed by atoms with E-state index < -0.39 is 18.1 Å². The highest BCUT2D eigenvalue weighted by molar-refractivity contribution is 5.81. The molecule has 1 aliphatic carbocycles. The van der Waals surface area contributed by atoms with Crippen LogP contribution in [-0.2, 0) is 16.0 Å². The molecule has 0 bridgehead atoms. The predicted molar refractivity (Wildman–Crippen MR) is 105 cm³/mol. The van der Waals surface area contributed by atoms with Gasteiger partial charge in [-0.2, -0.15) is 0 Å². The Balaban J connectivity index is 1.43. The van der Waals surface area contributed by atoms with Crippen LogP contribution in [-0.4, -0.2) is 39.8 Å². The molecule has 1 amide bonds. The van der Waals surface area contributed by atoms with Gasteiger partial charge in [-0.3, -0.25) is 0 Å². The van der Waals surface area contributed by atoms with Crippen LogP contribution >= 0.6 is 0 Å². The minimum absolute atomic E-state index is 0.0437. The molecule has 0 unspecified atom stereocenters. The molecule has 7 heteroatoms. The summed E-state index contributed by atoms with van der Waals surface area (Å²) in [4.78, 5) is 31.6. The fourth-order valence-corrected chi connectivity index (χ4v) is 3.63. The Labute approximate surface area is 167 Å². The van der Waals surface area contributed by atoms with Gasteiger partial charge in [-0.05, 0) is 28.3 Å². The molecule has 29 heavy (non-hydrogen) atoms. The van der Waals surface area contributed by atoms with Gasteiger partial charge in [0.15, 0.2) is 0 Å². The van der Waals surface area contributed by atoms with Crippen LogP contribution in [0.5, 0.6) is 0 Å². The van der Waals surface area contributed by atoms with Gasteiger partial charge in [-0.1, -0.05) is 48.5 Å². The van der Waals surface area contributed by atoms with Crippen molar-refractivity contribution in [1.82, 2.24) is 15.3 Å². The zero-order chi connectivity index (χ0) is 20.2. The molecule has 0 fully saturated rings. The van der Waals surface area contributed by atoms with Crippen molar-refractivity contribution in [3.05, 3.63) is 83.9 Å². The lowest BCUT2D eigenvalue weighted by molar-refractivity contribution is -0.139. The average Bonchev–Trinajstić information content (AvgIpc) is 3.06. The first-order chi connectivity index (χ1) is 14.1. The molecular weight excluding hydrogens is 370 g/mol. The van der Waals surface area contributed by atoms with Crippen LogP contribution in [0.15, 0.2) is 67.1 Å². The minimum atomic E-state index is -1.16. The second kappa shape index (κ2) is 8.10. The van der Waals surface area contributed by atoms with E-state index >= 15 is 0 Å². The molecule has 0 saturated carbocycles. The fraction of sp³-hybridized carbons (Fsp3) is 0.182. The van der Waals surface area contributed by atoms with Gasteiger partial charge in [0.1, 0.15) is 19.0 Å². The van der Waals surface area contributed by atoms with Gasteiger partial charge >= 0.3 is 12.1 Å². The highest BCUT2D eigenvalue weighted by atomic mass is 16.5. The summed E-state index contributed by atoms with van der Waals surface area (Å²) in [6, 6.07) is 16.5. The Hall–Kier alpha value is -3.74. The molecule has 0 saturated heterocycles. The number of amides is 1. The molecule has 0 radical (unpaired) electrons. The lowest BCUT2D eigenvalue weighted by Gasteiger charge is -2.17. The summed E-state index contributed by atoms with van der Waals surface area (Å²) >= 11 is 0. The highest BCUT2D eigenvalue weighted by Gasteiger charge is 2.29. The van der Waals surface area contributed by atoms with Crippen molar-refractivity contribution < 1.29 is 19.4 Å². The third-order valence-corrected chi connectivity index (χ3v) is 4.99. The van der Waals surface area contributed by atoms with Crippen molar-refractivity contribution >= 4 is 12.1 Å². The maximum Gasteiger partial charge on any atom is 0.407 e. The number of carbonyl (C=O) groups is 2. The number of ether oxygens (including phenoxy) is 1. The Morgan fingerprint density at radius 3 is 2.28 bits per heavy atom. The summed E-state index contributed by atoms with van der Waals surface area (Å²) in [5.74, 6) is -1.24. The first-order valence-electron chi connectivity index (χ1n) is 9.22. The molecular formula is C22H19N3O4. The number of aliphatic carboxylic acids is 1. The lowest BCUT2D eigenvalue weighted by Crippen LogP contribution is -2.43. The number of carbonyl (C=O) groups excluding carboxylic acids is 1. The topological polar surface area (TPSA) is 101 Å². The zero-order valence-corrected chi connectivity index (χ0v) is 15.5. The Morgan fingerprint density at radius 2 is 1.69 bits per heavy atom. The van der Waals surface area contributed by atoms with E-state index in [0.29, 0.717) is 5.69 Å². The van der Waals surface area contributed by atoms with Crippen molar-refractivity contribution in [2.45, 2.75) is 18.4 Å². The largest absolute Gasteiger partial charge is 0.480 e. The number of nitrogens with zero attached hydrogens (tertiary/aromatic N) is 2. The molecule has 0 spiro atoms. The van der Waals surface area contributed by atoms with Crippen LogP contribution in [0.25, 0.3) is 11.1 Å². The summed E-state index contributed by atoms with van der Waals surface area (Å²) in [5.41, 5.74) is 4.97. The first kappa shape index (κ1) is 18.6. The van der Waals surface area contributed by atoms with Gasteiger partial charge in [0.25, 0.3) is 0 Å². The number of alkyl carbamates (subject to hydrolysis) is 1. The van der Waals surface area contributed by atoms with E-state index in [-0.39, 0.29) is 18.9 Å². The fourth-order valence-electron chi connectivity index (χ4n) is 3.63. The molecule has 146 valence electrons. The third kappa shape index (κ3) is 3.94. The Morgan fingerprint density at radius 1 is 1.03 bits per heavy atom. The van der Waals surface area contributed by atoms with Crippen molar-refractivity contribution in [2.24, 2.45) is 0 Å². The molecule has 1 atom stereocenters. The normalized spacial score (nSPS) is 13.2. The molecule has 7 nitrogen and oxygen atoms in total. The van der Waals surface area contributed by atoms with Crippen LogP contribution in [0.2, 0.25) is 0 Å². The van der Waals surface area contributed by atoms with E-state index in [4.69, 9.17) is 4.74 Å². The van der Waals surface area contributed by atoms with Crippen molar-refractivity contribution in [3.63, 3.8) is 0 Å². The molecule has 1 heterocycles. The Kier molecular flexibility index (Phi) is 5.20. The number of hydrogen-bond acceptors (Lipinski definition) is 5. The number of carboxylic acid groups (broad SMARTS) is 1. The molecule has 2 aromatic carbocycles. The second-order valence-electron chi connectivity index (χ2n) is 6.77. The second-order valence-corrected chi connectivity index (χ2v) is 6.77. The van der Waals surface area contributed by atoms with Crippen molar-refractivity contribution in [2.75, 3.05) is 6.61 Å². The number of fused-ring (bicyclic) bond motifs is 3. The van der Waals surface area contributed by atoms with E-state index in [2.05, 4.69) is 27.4 Å². The summed E-state index contributed by atoms with van der Waals surface area (Å²) in [6.07, 6.45) is 2.13. The van der Waals surface area contributed by atoms with Crippen molar-refractivity contribution in [3.8, 4) is 11.1 Å². The maximum absolute atomic E-state index is 12.3. The van der Waals surface area contributed by atoms with Crippen molar-refractivity contribution in [1.29, 1.82) is 0 Å². The number of benzene rings is 2. The van der Waals surface area contributed by atoms with Crippen LogP contribution in [0.3, 0.4) is 0 Å². The quantitative estimate of drug-likeness (QED) is 0.672. The molecule has 1 aromatic heterocycles. The summed E-state index contributed by atoms with van der Waals surface area (Å²) in [6.45, 7) is 0.125. The van der Waals surface area contributed by atoms with Gasteiger partial charge in [0.05, 0.1) is 0 Å². The van der Waals surface area contributed by atoms with Crippen LogP contribution in [0, 0.1) is 0 Å². The third-order valence-electron chi connectivity index (χ3n) is 4.99. The smallest absolute Gasteiger partial charge is 0.407 e. The van der Waals surface area contributed by atoms with Gasteiger partial charge < -0.3 is 15.2 Å². The summed E-state index contributed by atoms with van der Waals surface area (Å²) < 4.78 is 5.41.